The molecule has 0 aliphatic rings. The van der Waals surface area contributed by atoms with E-state index in [0.29, 0.717) is 6.54 Å². The number of aromatic nitrogens is 2. The topological polar surface area (TPSA) is 56.1 Å². The molecule has 0 fully saturated rings. The molecule has 2 aromatic carbocycles. The molecule has 5 heteroatoms. The third-order valence-electron chi connectivity index (χ3n) is 4.38. The van der Waals surface area contributed by atoms with Gasteiger partial charge < -0.3 is 14.6 Å². The van der Waals surface area contributed by atoms with E-state index in [4.69, 9.17) is 4.74 Å². The Bertz CT molecular complexity index is 842. The van der Waals surface area contributed by atoms with Gasteiger partial charge in [-0.15, -0.1) is 0 Å². The number of hydrogen-bond donors (Lipinski definition) is 1. The Balaban J connectivity index is 1.73. The molecule has 1 heterocycles. The van der Waals surface area contributed by atoms with Crippen molar-refractivity contribution >= 4 is 5.91 Å². The van der Waals surface area contributed by atoms with Crippen molar-refractivity contribution in [3.05, 3.63) is 78.4 Å². The van der Waals surface area contributed by atoms with E-state index in [1.165, 1.54) is 12.7 Å². The quantitative estimate of drug-likeness (QED) is 0.712. The predicted octanol–water partition coefficient (Wildman–Crippen LogP) is 3.25. The summed E-state index contributed by atoms with van der Waals surface area (Å²) in [6.07, 6.45) is 5.09. The third kappa shape index (κ3) is 4.37. The number of benzene rings is 2. The first-order valence-corrected chi connectivity index (χ1v) is 8.61. The van der Waals surface area contributed by atoms with Crippen molar-refractivity contribution in [2.75, 3.05) is 7.11 Å². The van der Waals surface area contributed by atoms with Crippen LogP contribution in [0.25, 0.3) is 11.1 Å². The van der Waals surface area contributed by atoms with Gasteiger partial charge in [0.1, 0.15) is 6.10 Å². The summed E-state index contributed by atoms with van der Waals surface area (Å²) < 4.78 is 7.09. The molecular formula is C21H23N3O2. The zero-order valence-corrected chi connectivity index (χ0v) is 15.1. The lowest BCUT2D eigenvalue weighted by atomic mass is 9.98. The van der Waals surface area contributed by atoms with E-state index in [9.17, 15) is 4.79 Å². The Kier molecular flexibility index (Phi) is 5.81. The fourth-order valence-corrected chi connectivity index (χ4v) is 2.77. The third-order valence-corrected chi connectivity index (χ3v) is 4.38. The van der Waals surface area contributed by atoms with E-state index in [1.807, 2.05) is 35.3 Å². The molecule has 3 rings (SSSR count). The van der Waals surface area contributed by atoms with Crippen molar-refractivity contribution in [2.45, 2.75) is 26.1 Å². The molecule has 1 N–H and O–H groups in total. The van der Waals surface area contributed by atoms with E-state index in [1.54, 1.807) is 13.1 Å². The Labute approximate surface area is 153 Å². The van der Waals surface area contributed by atoms with Crippen molar-refractivity contribution in [3.63, 3.8) is 0 Å². The van der Waals surface area contributed by atoms with Gasteiger partial charge in [-0.2, -0.15) is 0 Å². The minimum atomic E-state index is -0.454. The highest BCUT2D eigenvalue weighted by atomic mass is 16.5. The van der Waals surface area contributed by atoms with Crippen LogP contribution >= 0.6 is 0 Å². The van der Waals surface area contributed by atoms with Crippen LogP contribution in [0.4, 0.5) is 0 Å². The van der Waals surface area contributed by atoms with Gasteiger partial charge in [0.2, 0.25) is 5.91 Å². The van der Waals surface area contributed by atoms with Gasteiger partial charge in [0, 0.05) is 32.6 Å². The van der Waals surface area contributed by atoms with Crippen LogP contribution in [0.2, 0.25) is 0 Å². The second-order valence-electron chi connectivity index (χ2n) is 6.18. The Morgan fingerprint density at radius 3 is 2.65 bits per heavy atom. The van der Waals surface area contributed by atoms with Gasteiger partial charge in [-0.05, 0) is 29.2 Å². The van der Waals surface area contributed by atoms with Gasteiger partial charge in [0.05, 0.1) is 6.33 Å². The van der Waals surface area contributed by atoms with Gasteiger partial charge in [0.25, 0.3) is 0 Å². The van der Waals surface area contributed by atoms with Crippen LogP contribution in [0.5, 0.6) is 0 Å². The van der Waals surface area contributed by atoms with Crippen LogP contribution in [0, 0.1) is 0 Å². The highest BCUT2D eigenvalue weighted by Gasteiger charge is 2.12. The van der Waals surface area contributed by atoms with Crippen LogP contribution in [0.1, 0.15) is 18.1 Å². The molecule has 0 bridgehead atoms. The SMILES string of the molecule is CO[C@H](C)C(=O)NCc1ccccc1-c1ccc(Cn2ccnc2)cc1. The minimum absolute atomic E-state index is 0.113. The zero-order valence-electron chi connectivity index (χ0n) is 15.1. The lowest BCUT2D eigenvalue weighted by Crippen LogP contribution is -2.33. The molecule has 1 aromatic heterocycles. The van der Waals surface area contributed by atoms with Crippen LogP contribution in [-0.2, 0) is 22.6 Å². The molecule has 3 aromatic rings. The lowest BCUT2D eigenvalue weighted by Gasteiger charge is -2.14. The number of carbonyl (C=O) groups excluding carboxylic acids is 1. The van der Waals surface area contributed by atoms with Gasteiger partial charge in [0.15, 0.2) is 0 Å². The van der Waals surface area contributed by atoms with Crippen molar-refractivity contribution in [1.82, 2.24) is 14.9 Å². The summed E-state index contributed by atoms with van der Waals surface area (Å²) >= 11 is 0. The maximum absolute atomic E-state index is 11.9. The highest BCUT2D eigenvalue weighted by molar-refractivity contribution is 5.80. The van der Waals surface area contributed by atoms with E-state index < -0.39 is 6.10 Å². The molecule has 0 spiro atoms. The molecule has 0 saturated carbocycles. The Hall–Kier alpha value is -2.92. The largest absolute Gasteiger partial charge is 0.372 e. The standard InChI is InChI=1S/C21H23N3O2/c1-16(26-2)21(25)23-13-19-5-3-4-6-20(19)18-9-7-17(8-10-18)14-24-12-11-22-15-24/h3-12,15-16H,13-14H2,1-2H3,(H,23,25)/t16-/m1/s1. The zero-order chi connectivity index (χ0) is 18.4. The van der Waals surface area contributed by atoms with Gasteiger partial charge in [-0.1, -0.05) is 48.5 Å². The van der Waals surface area contributed by atoms with Crippen LogP contribution < -0.4 is 5.32 Å². The molecule has 1 atom stereocenters. The number of ether oxygens (including phenoxy) is 1. The molecule has 0 unspecified atom stereocenters. The summed E-state index contributed by atoms with van der Waals surface area (Å²) in [6, 6.07) is 16.6. The van der Waals surface area contributed by atoms with Crippen molar-refractivity contribution in [2.24, 2.45) is 0 Å². The number of imidazole rings is 1. The fraction of sp³-hybridized carbons (Fsp3) is 0.238. The average Bonchev–Trinajstić information content (AvgIpc) is 3.19. The van der Waals surface area contributed by atoms with Crippen LogP contribution in [-0.4, -0.2) is 28.7 Å². The molecule has 26 heavy (non-hydrogen) atoms. The summed E-state index contributed by atoms with van der Waals surface area (Å²) in [7, 11) is 1.53. The maximum atomic E-state index is 11.9. The first-order chi connectivity index (χ1) is 12.7. The molecule has 1 amide bonds. The number of hydrogen-bond acceptors (Lipinski definition) is 3. The number of nitrogens with zero attached hydrogens (tertiary/aromatic N) is 2. The smallest absolute Gasteiger partial charge is 0.249 e. The summed E-state index contributed by atoms with van der Waals surface area (Å²) in [4.78, 5) is 16.0. The van der Waals surface area contributed by atoms with Crippen LogP contribution in [0.3, 0.4) is 0 Å². The summed E-state index contributed by atoms with van der Waals surface area (Å²) in [5, 5.41) is 2.93. The molecule has 0 aliphatic heterocycles. The molecule has 0 aliphatic carbocycles. The fourth-order valence-electron chi connectivity index (χ4n) is 2.77. The predicted molar refractivity (Wildman–Crippen MR) is 102 cm³/mol. The average molecular weight is 349 g/mol. The van der Waals surface area contributed by atoms with Crippen molar-refractivity contribution in [1.29, 1.82) is 0 Å². The second-order valence-corrected chi connectivity index (χ2v) is 6.18. The lowest BCUT2D eigenvalue weighted by molar-refractivity contribution is -0.130. The first kappa shape index (κ1) is 17.9. The number of methoxy groups -OCH3 is 1. The minimum Gasteiger partial charge on any atom is -0.372 e. The highest BCUT2D eigenvalue weighted by Crippen LogP contribution is 2.24. The van der Waals surface area contributed by atoms with E-state index in [-0.39, 0.29) is 5.91 Å². The van der Waals surface area contributed by atoms with E-state index >= 15 is 0 Å². The number of rotatable bonds is 7. The first-order valence-electron chi connectivity index (χ1n) is 8.61. The summed E-state index contributed by atoms with van der Waals surface area (Å²) in [6.45, 7) is 3.01. The maximum Gasteiger partial charge on any atom is 0.249 e. The van der Waals surface area contributed by atoms with Gasteiger partial charge in [-0.3, -0.25) is 4.79 Å². The summed E-state index contributed by atoms with van der Waals surface area (Å²) in [5.41, 5.74) is 4.54. The number of amides is 1. The van der Waals surface area contributed by atoms with Gasteiger partial charge >= 0.3 is 0 Å². The van der Waals surface area contributed by atoms with Gasteiger partial charge in [-0.25, -0.2) is 4.98 Å². The summed E-state index contributed by atoms with van der Waals surface area (Å²) in [5.74, 6) is -0.113. The van der Waals surface area contributed by atoms with Crippen LogP contribution in [0.15, 0.2) is 67.3 Å². The van der Waals surface area contributed by atoms with Crippen molar-refractivity contribution in [3.8, 4) is 11.1 Å². The number of carbonyl (C=O) groups is 1. The molecular weight excluding hydrogens is 326 g/mol. The molecule has 0 saturated heterocycles. The Morgan fingerprint density at radius 1 is 1.19 bits per heavy atom. The van der Waals surface area contributed by atoms with E-state index in [2.05, 4.69) is 40.6 Å². The molecule has 0 radical (unpaired) electrons. The van der Waals surface area contributed by atoms with E-state index in [0.717, 1.165) is 23.2 Å². The molecule has 134 valence electrons. The van der Waals surface area contributed by atoms with Crippen molar-refractivity contribution < 1.29 is 9.53 Å². The monoisotopic (exact) mass is 349 g/mol. The normalized spacial score (nSPS) is 11.9. The number of nitrogens with one attached hydrogen (secondary N) is 1. The Morgan fingerprint density at radius 2 is 1.96 bits per heavy atom. The molecule has 5 nitrogen and oxygen atoms in total. The second kappa shape index (κ2) is 8.45.